The molecule has 0 radical (unpaired) electrons. The van der Waals surface area contributed by atoms with Gasteiger partial charge < -0.3 is 10.4 Å². The van der Waals surface area contributed by atoms with Crippen molar-refractivity contribution in [1.29, 1.82) is 0 Å². The summed E-state index contributed by atoms with van der Waals surface area (Å²) in [7, 11) is 0. The van der Waals surface area contributed by atoms with E-state index in [0.29, 0.717) is 11.7 Å². The summed E-state index contributed by atoms with van der Waals surface area (Å²) in [5, 5.41) is 11.6. The van der Waals surface area contributed by atoms with E-state index in [2.05, 4.69) is 10.3 Å². The van der Waals surface area contributed by atoms with Crippen LogP contribution in [0, 0.1) is 0 Å². The molecule has 1 aromatic heterocycles. The minimum absolute atomic E-state index is 0.605. The Kier molecular flexibility index (Phi) is 2.58. The van der Waals surface area contributed by atoms with Crippen molar-refractivity contribution in [2.24, 2.45) is 0 Å². The normalized spacial score (nSPS) is 17.1. The molecule has 0 amide bonds. The molecule has 80 valence electrons. The second-order valence-corrected chi connectivity index (χ2v) is 3.95. The molecule has 0 saturated heterocycles. The van der Waals surface area contributed by atoms with Gasteiger partial charge in [0.25, 0.3) is 0 Å². The molecule has 4 nitrogen and oxygen atoms in total. The van der Waals surface area contributed by atoms with Gasteiger partial charge in [-0.3, -0.25) is 4.79 Å². The molecule has 0 aromatic carbocycles. The summed E-state index contributed by atoms with van der Waals surface area (Å²) in [6.45, 7) is 1.60. The fourth-order valence-corrected chi connectivity index (χ4v) is 1.48. The van der Waals surface area contributed by atoms with Gasteiger partial charge in [0.05, 0.1) is 0 Å². The Morgan fingerprint density at radius 1 is 1.67 bits per heavy atom. The van der Waals surface area contributed by atoms with Gasteiger partial charge in [-0.15, -0.1) is 0 Å². The van der Waals surface area contributed by atoms with Gasteiger partial charge in [-0.25, -0.2) is 4.98 Å². The Balaban J connectivity index is 2.07. The van der Waals surface area contributed by atoms with Gasteiger partial charge in [0.15, 0.2) is 0 Å². The number of carbonyl (C=O) groups is 1. The first kappa shape index (κ1) is 9.96. The van der Waals surface area contributed by atoms with Crippen molar-refractivity contribution in [1.82, 2.24) is 4.98 Å². The standard InChI is InChI=1S/C11H14N2O2/c1-7(11(14)15)13-10-6-9(4-5-12-10)8-2-3-8/h4-8H,2-3H2,1H3,(H,12,13)(H,14,15). The Morgan fingerprint density at radius 3 is 3.00 bits per heavy atom. The Hall–Kier alpha value is -1.58. The fraction of sp³-hybridized carbons (Fsp3) is 0.455. The van der Waals surface area contributed by atoms with Crippen LogP contribution < -0.4 is 5.32 Å². The number of carboxylic acids is 1. The van der Waals surface area contributed by atoms with Gasteiger partial charge in [0.1, 0.15) is 11.9 Å². The molecule has 1 aliphatic carbocycles. The van der Waals surface area contributed by atoms with E-state index < -0.39 is 12.0 Å². The molecule has 1 atom stereocenters. The summed E-state index contributed by atoms with van der Waals surface area (Å²) in [5.74, 6) is 0.441. The third-order valence-electron chi connectivity index (χ3n) is 2.57. The van der Waals surface area contributed by atoms with E-state index >= 15 is 0 Å². The average Bonchev–Trinajstić information content (AvgIpc) is 3.01. The lowest BCUT2D eigenvalue weighted by atomic mass is 10.2. The Morgan fingerprint density at radius 2 is 2.40 bits per heavy atom. The third-order valence-corrected chi connectivity index (χ3v) is 2.57. The van der Waals surface area contributed by atoms with Crippen molar-refractivity contribution in [2.45, 2.75) is 31.7 Å². The molecular weight excluding hydrogens is 192 g/mol. The van der Waals surface area contributed by atoms with Crippen molar-refractivity contribution in [3.63, 3.8) is 0 Å². The SMILES string of the molecule is CC(Nc1cc(C2CC2)ccn1)C(=O)O. The molecule has 2 N–H and O–H groups in total. The number of anilines is 1. The zero-order valence-electron chi connectivity index (χ0n) is 8.60. The van der Waals surface area contributed by atoms with Crippen molar-refractivity contribution in [2.75, 3.05) is 5.32 Å². The number of hydrogen-bond acceptors (Lipinski definition) is 3. The first-order valence-corrected chi connectivity index (χ1v) is 5.12. The average molecular weight is 206 g/mol. The van der Waals surface area contributed by atoms with Crippen molar-refractivity contribution >= 4 is 11.8 Å². The van der Waals surface area contributed by atoms with Gasteiger partial charge in [-0.2, -0.15) is 0 Å². The van der Waals surface area contributed by atoms with E-state index in [1.54, 1.807) is 13.1 Å². The van der Waals surface area contributed by atoms with E-state index in [4.69, 9.17) is 5.11 Å². The van der Waals surface area contributed by atoms with Crippen molar-refractivity contribution < 1.29 is 9.90 Å². The van der Waals surface area contributed by atoms with Crippen LogP contribution in [0.25, 0.3) is 0 Å². The number of hydrogen-bond donors (Lipinski definition) is 2. The van der Waals surface area contributed by atoms with E-state index in [1.807, 2.05) is 12.1 Å². The maximum atomic E-state index is 10.6. The van der Waals surface area contributed by atoms with Gasteiger partial charge in [-0.1, -0.05) is 0 Å². The molecule has 1 saturated carbocycles. The highest BCUT2D eigenvalue weighted by molar-refractivity contribution is 5.76. The summed E-state index contributed by atoms with van der Waals surface area (Å²) in [4.78, 5) is 14.7. The van der Waals surface area contributed by atoms with Crippen LogP contribution in [0.3, 0.4) is 0 Å². The number of aromatic nitrogens is 1. The zero-order valence-corrected chi connectivity index (χ0v) is 8.60. The quantitative estimate of drug-likeness (QED) is 0.789. The van der Waals surface area contributed by atoms with Crippen LogP contribution in [0.2, 0.25) is 0 Å². The zero-order chi connectivity index (χ0) is 10.8. The number of aliphatic carboxylic acids is 1. The number of rotatable bonds is 4. The lowest BCUT2D eigenvalue weighted by molar-refractivity contribution is -0.137. The molecule has 0 aliphatic heterocycles. The minimum Gasteiger partial charge on any atom is -0.480 e. The summed E-state index contributed by atoms with van der Waals surface area (Å²) < 4.78 is 0. The topological polar surface area (TPSA) is 62.2 Å². The first-order chi connectivity index (χ1) is 7.16. The Labute approximate surface area is 88.3 Å². The number of nitrogens with one attached hydrogen (secondary N) is 1. The molecule has 1 aromatic rings. The summed E-state index contributed by atoms with van der Waals surface area (Å²) >= 11 is 0. The van der Waals surface area contributed by atoms with Gasteiger partial charge in [0.2, 0.25) is 0 Å². The maximum absolute atomic E-state index is 10.6. The van der Waals surface area contributed by atoms with Gasteiger partial charge in [-0.05, 0) is 43.4 Å². The van der Waals surface area contributed by atoms with Crippen LogP contribution in [0.4, 0.5) is 5.82 Å². The summed E-state index contributed by atoms with van der Waals surface area (Å²) in [6, 6.07) is 3.33. The predicted molar refractivity (Wildman–Crippen MR) is 56.9 cm³/mol. The third kappa shape index (κ3) is 2.46. The number of pyridine rings is 1. The molecule has 1 aliphatic rings. The minimum atomic E-state index is -0.867. The maximum Gasteiger partial charge on any atom is 0.325 e. The molecule has 15 heavy (non-hydrogen) atoms. The second-order valence-electron chi connectivity index (χ2n) is 3.95. The molecule has 4 heteroatoms. The molecular formula is C11H14N2O2. The highest BCUT2D eigenvalue weighted by Gasteiger charge is 2.23. The molecule has 1 unspecified atom stereocenters. The van der Waals surface area contributed by atoms with Crippen molar-refractivity contribution in [3.8, 4) is 0 Å². The van der Waals surface area contributed by atoms with Crippen LogP contribution in [0.5, 0.6) is 0 Å². The highest BCUT2D eigenvalue weighted by Crippen LogP contribution is 2.40. The van der Waals surface area contributed by atoms with E-state index in [9.17, 15) is 4.79 Å². The molecule has 1 heterocycles. The molecule has 0 spiro atoms. The lowest BCUT2D eigenvalue weighted by Gasteiger charge is -2.10. The number of carboxylic acid groups (broad SMARTS) is 1. The first-order valence-electron chi connectivity index (χ1n) is 5.12. The fourth-order valence-electron chi connectivity index (χ4n) is 1.48. The highest BCUT2D eigenvalue weighted by atomic mass is 16.4. The molecule has 2 rings (SSSR count). The van der Waals surface area contributed by atoms with E-state index in [-0.39, 0.29) is 0 Å². The van der Waals surface area contributed by atoms with E-state index in [1.165, 1.54) is 18.4 Å². The molecule has 1 fully saturated rings. The van der Waals surface area contributed by atoms with Crippen LogP contribution in [-0.2, 0) is 4.79 Å². The Bertz CT molecular complexity index is 375. The van der Waals surface area contributed by atoms with Crippen LogP contribution in [-0.4, -0.2) is 22.1 Å². The van der Waals surface area contributed by atoms with Crippen LogP contribution >= 0.6 is 0 Å². The summed E-state index contributed by atoms with van der Waals surface area (Å²) in [5.41, 5.74) is 1.25. The van der Waals surface area contributed by atoms with Gasteiger partial charge >= 0.3 is 5.97 Å². The van der Waals surface area contributed by atoms with Gasteiger partial charge in [0, 0.05) is 6.20 Å². The largest absolute Gasteiger partial charge is 0.480 e. The smallest absolute Gasteiger partial charge is 0.325 e. The van der Waals surface area contributed by atoms with E-state index in [0.717, 1.165) is 0 Å². The van der Waals surface area contributed by atoms with Crippen LogP contribution in [0.1, 0.15) is 31.2 Å². The molecule has 0 bridgehead atoms. The monoisotopic (exact) mass is 206 g/mol. The second kappa shape index (κ2) is 3.88. The lowest BCUT2D eigenvalue weighted by Crippen LogP contribution is -2.25. The predicted octanol–water partition coefficient (Wildman–Crippen LogP) is 1.84. The summed E-state index contributed by atoms with van der Waals surface area (Å²) in [6.07, 6.45) is 4.19. The number of nitrogens with zero attached hydrogens (tertiary/aromatic N) is 1. The van der Waals surface area contributed by atoms with Crippen LogP contribution in [0.15, 0.2) is 18.3 Å². The van der Waals surface area contributed by atoms with Crippen molar-refractivity contribution in [3.05, 3.63) is 23.9 Å².